The largest absolute Gasteiger partial charge is 0.393 e. The van der Waals surface area contributed by atoms with Crippen LogP contribution in [0.3, 0.4) is 0 Å². The molecule has 0 aromatic heterocycles. The van der Waals surface area contributed by atoms with Crippen molar-refractivity contribution < 1.29 is 14.7 Å². The van der Waals surface area contributed by atoms with E-state index in [0.29, 0.717) is 36.9 Å². The summed E-state index contributed by atoms with van der Waals surface area (Å²) in [6.45, 7) is 4.39. The second-order valence-electron chi connectivity index (χ2n) is 8.63. The number of carbonyl (C=O) groups excluding carboxylic acids is 2. The fourth-order valence-electron chi connectivity index (χ4n) is 6.86. The van der Waals surface area contributed by atoms with E-state index >= 15 is 0 Å². The summed E-state index contributed by atoms with van der Waals surface area (Å²) in [5.74, 6) is 1.77. The van der Waals surface area contributed by atoms with Crippen LogP contribution in [0.5, 0.6) is 0 Å². The van der Waals surface area contributed by atoms with Gasteiger partial charge in [0.1, 0.15) is 5.78 Å². The SMILES string of the molecule is CC[C@]12C[C@H](O)[C@@H]3[C@@H](CCC4=CC(=O)CC[C@]43C)[C@@H]1CCC2=O. The van der Waals surface area contributed by atoms with Crippen molar-refractivity contribution in [2.45, 2.75) is 71.3 Å². The maximum absolute atomic E-state index is 12.6. The van der Waals surface area contributed by atoms with Gasteiger partial charge >= 0.3 is 0 Å². The first-order valence-electron chi connectivity index (χ1n) is 9.37. The molecular formula is C20H28O3. The average Bonchev–Trinajstić information content (AvgIpc) is 2.85. The Morgan fingerprint density at radius 3 is 2.74 bits per heavy atom. The molecule has 0 heterocycles. The molecule has 0 aromatic rings. The van der Waals surface area contributed by atoms with E-state index in [-0.39, 0.29) is 22.5 Å². The van der Waals surface area contributed by atoms with E-state index in [9.17, 15) is 14.7 Å². The van der Waals surface area contributed by atoms with Gasteiger partial charge in [0.25, 0.3) is 0 Å². The molecule has 0 aromatic carbocycles. The Labute approximate surface area is 138 Å². The molecule has 0 aliphatic heterocycles. The minimum absolute atomic E-state index is 0.0399. The number of fused-ring (bicyclic) bond motifs is 5. The van der Waals surface area contributed by atoms with Crippen LogP contribution in [0, 0.1) is 28.6 Å². The summed E-state index contributed by atoms with van der Waals surface area (Å²) < 4.78 is 0. The second-order valence-corrected chi connectivity index (χ2v) is 8.63. The predicted molar refractivity (Wildman–Crippen MR) is 87.7 cm³/mol. The van der Waals surface area contributed by atoms with Gasteiger partial charge in [-0.25, -0.2) is 0 Å². The van der Waals surface area contributed by atoms with Crippen LogP contribution in [0.2, 0.25) is 0 Å². The summed E-state index contributed by atoms with van der Waals surface area (Å²) in [7, 11) is 0. The molecule has 3 nitrogen and oxygen atoms in total. The molecule has 4 rings (SSSR count). The van der Waals surface area contributed by atoms with Crippen LogP contribution in [0.1, 0.15) is 65.2 Å². The molecule has 0 spiro atoms. The molecule has 4 aliphatic rings. The van der Waals surface area contributed by atoms with Gasteiger partial charge in [0.2, 0.25) is 0 Å². The first kappa shape index (κ1) is 15.6. The van der Waals surface area contributed by atoms with Gasteiger partial charge < -0.3 is 5.11 Å². The first-order chi connectivity index (χ1) is 10.9. The zero-order valence-corrected chi connectivity index (χ0v) is 14.3. The Kier molecular flexibility index (Phi) is 3.39. The lowest BCUT2D eigenvalue weighted by molar-refractivity contribution is -0.150. The van der Waals surface area contributed by atoms with E-state index in [4.69, 9.17) is 0 Å². The molecule has 0 unspecified atom stereocenters. The van der Waals surface area contributed by atoms with Crippen molar-refractivity contribution in [1.82, 2.24) is 0 Å². The van der Waals surface area contributed by atoms with Gasteiger partial charge in [-0.2, -0.15) is 0 Å². The molecule has 126 valence electrons. The highest BCUT2D eigenvalue weighted by molar-refractivity contribution is 5.91. The third-order valence-electron chi connectivity index (χ3n) is 7.99. The van der Waals surface area contributed by atoms with Crippen LogP contribution < -0.4 is 0 Å². The fourth-order valence-corrected chi connectivity index (χ4v) is 6.86. The third kappa shape index (κ3) is 1.92. The lowest BCUT2D eigenvalue weighted by atomic mass is 9.46. The molecule has 0 bridgehead atoms. The number of aliphatic hydroxyl groups is 1. The third-order valence-corrected chi connectivity index (χ3v) is 7.99. The maximum Gasteiger partial charge on any atom is 0.155 e. The Bertz CT molecular complexity index is 592. The van der Waals surface area contributed by atoms with E-state index < -0.39 is 6.10 Å². The summed E-state index contributed by atoms with van der Waals surface area (Å²) in [5.41, 5.74) is 0.965. The molecule has 0 radical (unpaired) electrons. The van der Waals surface area contributed by atoms with Crippen LogP contribution in [-0.2, 0) is 9.59 Å². The summed E-state index contributed by atoms with van der Waals surface area (Å²) >= 11 is 0. The van der Waals surface area contributed by atoms with Gasteiger partial charge in [0.15, 0.2) is 5.78 Å². The van der Waals surface area contributed by atoms with E-state index in [2.05, 4.69) is 13.8 Å². The lowest BCUT2D eigenvalue weighted by Crippen LogP contribution is -2.57. The molecule has 1 N–H and O–H groups in total. The molecule has 3 saturated carbocycles. The number of allylic oxidation sites excluding steroid dienone is 1. The van der Waals surface area contributed by atoms with Crippen LogP contribution in [0.25, 0.3) is 0 Å². The molecular weight excluding hydrogens is 288 g/mol. The number of ketones is 2. The zero-order chi connectivity index (χ0) is 16.4. The number of Topliss-reactive ketones (excluding diaryl/α,β-unsaturated/α-hetero) is 1. The Morgan fingerprint density at radius 2 is 2.00 bits per heavy atom. The number of hydrogen-bond acceptors (Lipinski definition) is 3. The smallest absolute Gasteiger partial charge is 0.155 e. The van der Waals surface area contributed by atoms with E-state index in [0.717, 1.165) is 32.1 Å². The van der Waals surface area contributed by atoms with Gasteiger partial charge in [-0.3, -0.25) is 9.59 Å². The Hall–Kier alpha value is -0.960. The number of aliphatic hydroxyl groups excluding tert-OH is 1. The van der Waals surface area contributed by atoms with Crippen molar-refractivity contribution in [3.63, 3.8) is 0 Å². The van der Waals surface area contributed by atoms with Crippen LogP contribution in [0.4, 0.5) is 0 Å². The highest BCUT2D eigenvalue weighted by Crippen LogP contribution is 2.65. The van der Waals surface area contributed by atoms with E-state index in [1.54, 1.807) is 0 Å². The fraction of sp³-hybridized carbons (Fsp3) is 0.800. The van der Waals surface area contributed by atoms with Crippen molar-refractivity contribution in [3.8, 4) is 0 Å². The average molecular weight is 316 g/mol. The Morgan fingerprint density at radius 1 is 1.22 bits per heavy atom. The molecule has 6 atom stereocenters. The number of rotatable bonds is 1. The zero-order valence-electron chi connectivity index (χ0n) is 14.3. The van der Waals surface area contributed by atoms with Crippen molar-refractivity contribution in [2.24, 2.45) is 28.6 Å². The van der Waals surface area contributed by atoms with E-state index in [1.165, 1.54) is 5.57 Å². The highest BCUT2D eigenvalue weighted by atomic mass is 16.3. The van der Waals surface area contributed by atoms with Crippen molar-refractivity contribution >= 4 is 11.6 Å². The first-order valence-corrected chi connectivity index (χ1v) is 9.37. The van der Waals surface area contributed by atoms with Gasteiger partial charge in [-0.05, 0) is 67.8 Å². The second kappa shape index (κ2) is 5.02. The molecule has 0 saturated heterocycles. The molecule has 23 heavy (non-hydrogen) atoms. The van der Waals surface area contributed by atoms with E-state index in [1.807, 2.05) is 6.08 Å². The van der Waals surface area contributed by atoms with Crippen LogP contribution in [0.15, 0.2) is 11.6 Å². The summed E-state index contributed by atoms with van der Waals surface area (Å²) in [4.78, 5) is 24.5. The van der Waals surface area contributed by atoms with Crippen LogP contribution in [-0.4, -0.2) is 22.8 Å². The minimum Gasteiger partial charge on any atom is -0.393 e. The van der Waals surface area contributed by atoms with Crippen molar-refractivity contribution in [3.05, 3.63) is 11.6 Å². The van der Waals surface area contributed by atoms with Gasteiger partial charge in [0, 0.05) is 18.3 Å². The molecule has 3 fully saturated rings. The number of hydrogen-bond donors (Lipinski definition) is 1. The Balaban J connectivity index is 1.76. The number of carbonyl (C=O) groups is 2. The maximum atomic E-state index is 12.6. The van der Waals surface area contributed by atoms with Gasteiger partial charge in [-0.15, -0.1) is 0 Å². The standard InChI is InChI=1S/C20H28O3/c1-3-20-11-16(22)18-14(15(20)6-7-17(20)23)5-4-12-10-13(21)8-9-19(12,18)2/h10,14-16,18,22H,3-9,11H2,1-2H3/t14-,15-,16-,18-,19+,20-/m0/s1. The normalized spacial score (nSPS) is 49.3. The van der Waals surface area contributed by atoms with Crippen LogP contribution >= 0.6 is 0 Å². The monoisotopic (exact) mass is 316 g/mol. The van der Waals surface area contributed by atoms with Gasteiger partial charge in [0.05, 0.1) is 6.10 Å². The highest BCUT2D eigenvalue weighted by Gasteiger charge is 2.62. The lowest BCUT2D eigenvalue weighted by Gasteiger charge is -2.59. The van der Waals surface area contributed by atoms with Crippen molar-refractivity contribution in [1.29, 1.82) is 0 Å². The molecule has 0 amide bonds. The summed E-state index contributed by atoms with van der Waals surface area (Å²) in [5, 5.41) is 11.1. The topological polar surface area (TPSA) is 54.4 Å². The van der Waals surface area contributed by atoms with Gasteiger partial charge in [-0.1, -0.05) is 19.4 Å². The molecule has 3 heteroatoms. The summed E-state index contributed by atoms with van der Waals surface area (Å²) in [6, 6.07) is 0. The molecule has 4 aliphatic carbocycles. The summed E-state index contributed by atoms with van der Waals surface area (Å²) in [6.07, 6.45) is 8.18. The van der Waals surface area contributed by atoms with Crippen molar-refractivity contribution in [2.75, 3.05) is 0 Å². The predicted octanol–water partition coefficient (Wildman–Crippen LogP) is 3.45. The minimum atomic E-state index is -0.403. The quantitative estimate of drug-likeness (QED) is 0.806.